The minimum Gasteiger partial charge on any atom is -0.469 e. The Bertz CT molecular complexity index is 104. The predicted octanol–water partition coefficient (Wildman–Crippen LogP) is 0.802. The lowest BCUT2D eigenvalue weighted by atomic mass is 10.1. The number of methoxy groups -OCH3 is 1. The Labute approximate surface area is 79.4 Å². The standard InChI is InChI=1S/C8H16O2.Al.3H/c1-4-5-6-7(2)8(9)10-3;;;;/h7H,4-6H2,1-3H3;;;;. The summed E-state index contributed by atoms with van der Waals surface area (Å²) in [5.41, 5.74) is 0. The molecule has 1 atom stereocenters. The van der Waals surface area contributed by atoms with E-state index in [1.165, 1.54) is 7.11 Å². The molecule has 11 heavy (non-hydrogen) atoms. The summed E-state index contributed by atoms with van der Waals surface area (Å²) in [6.07, 6.45) is 3.20. The van der Waals surface area contributed by atoms with Crippen LogP contribution in [0.1, 0.15) is 33.1 Å². The fourth-order valence-corrected chi connectivity index (χ4v) is 0.829. The molecule has 0 saturated heterocycles. The van der Waals surface area contributed by atoms with Gasteiger partial charge in [-0.1, -0.05) is 26.7 Å². The molecule has 2 nitrogen and oxygen atoms in total. The van der Waals surface area contributed by atoms with Crippen LogP contribution in [0.15, 0.2) is 0 Å². The molecule has 66 valence electrons. The second-order valence-electron chi connectivity index (χ2n) is 2.57. The van der Waals surface area contributed by atoms with Crippen LogP contribution in [0, 0.1) is 5.92 Å². The van der Waals surface area contributed by atoms with Crippen molar-refractivity contribution in [2.75, 3.05) is 7.11 Å². The topological polar surface area (TPSA) is 26.3 Å². The van der Waals surface area contributed by atoms with E-state index < -0.39 is 0 Å². The van der Waals surface area contributed by atoms with E-state index in [0.717, 1.165) is 19.3 Å². The van der Waals surface area contributed by atoms with E-state index in [4.69, 9.17) is 0 Å². The Balaban J connectivity index is 0. The van der Waals surface area contributed by atoms with Crippen molar-refractivity contribution in [3.05, 3.63) is 0 Å². The normalized spacial score (nSPS) is 11.5. The highest BCUT2D eigenvalue weighted by Gasteiger charge is 2.10. The van der Waals surface area contributed by atoms with Gasteiger partial charge in [0.25, 0.3) is 0 Å². The molecular weight excluding hydrogens is 155 g/mol. The predicted molar refractivity (Wildman–Crippen MR) is 50.6 cm³/mol. The largest absolute Gasteiger partial charge is 0.469 e. The van der Waals surface area contributed by atoms with Crippen LogP contribution >= 0.6 is 0 Å². The Morgan fingerprint density at radius 3 is 2.45 bits per heavy atom. The zero-order valence-electron chi connectivity index (χ0n) is 7.02. The van der Waals surface area contributed by atoms with Crippen molar-refractivity contribution in [2.45, 2.75) is 33.1 Å². The van der Waals surface area contributed by atoms with E-state index in [0.29, 0.717) is 0 Å². The van der Waals surface area contributed by atoms with Gasteiger partial charge < -0.3 is 4.74 Å². The summed E-state index contributed by atoms with van der Waals surface area (Å²) in [5.74, 6) is -0.0154. The molecule has 0 radical (unpaired) electrons. The first-order valence-electron chi connectivity index (χ1n) is 3.80. The first kappa shape index (κ1) is 13.6. The van der Waals surface area contributed by atoms with Gasteiger partial charge in [-0.2, -0.15) is 0 Å². The van der Waals surface area contributed by atoms with Crippen LogP contribution in [0.25, 0.3) is 0 Å². The van der Waals surface area contributed by atoms with Crippen molar-refractivity contribution in [1.29, 1.82) is 0 Å². The van der Waals surface area contributed by atoms with Gasteiger partial charge in [-0.3, -0.25) is 4.79 Å². The summed E-state index contributed by atoms with van der Waals surface area (Å²) in [7, 11) is 1.44. The third-order valence-electron chi connectivity index (χ3n) is 1.59. The summed E-state index contributed by atoms with van der Waals surface area (Å²) in [6, 6.07) is 0. The highest BCUT2D eigenvalue weighted by Crippen LogP contribution is 2.08. The van der Waals surface area contributed by atoms with Crippen LogP contribution in [-0.2, 0) is 9.53 Å². The molecule has 3 heteroatoms. The molecule has 1 unspecified atom stereocenters. The Morgan fingerprint density at radius 2 is 2.09 bits per heavy atom. The maximum atomic E-state index is 10.8. The van der Waals surface area contributed by atoms with E-state index in [9.17, 15) is 4.79 Å². The molecular formula is C8H19AlO2. The van der Waals surface area contributed by atoms with Gasteiger partial charge in [0, 0.05) is 0 Å². The molecule has 0 rings (SSSR count). The maximum absolute atomic E-state index is 10.8. The first-order valence-corrected chi connectivity index (χ1v) is 3.80. The van der Waals surface area contributed by atoms with Crippen LogP contribution in [0.2, 0.25) is 0 Å². The van der Waals surface area contributed by atoms with Crippen molar-refractivity contribution in [1.82, 2.24) is 0 Å². The van der Waals surface area contributed by atoms with Crippen molar-refractivity contribution in [3.8, 4) is 0 Å². The number of ether oxygens (including phenoxy) is 1. The number of unbranched alkanes of at least 4 members (excludes halogenated alkanes) is 1. The average molecular weight is 174 g/mol. The van der Waals surface area contributed by atoms with Crippen molar-refractivity contribution < 1.29 is 9.53 Å². The monoisotopic (exact) mass is 174 g/mol. The van der Waals surface area contributed by atoms with Gasteiger partial charge in [0.15, 0.2) is 17.4 Å². The molecule has 0 fully saturated rings. The molecule has 0 aliphatic carbocycles. The summed E-state index contributed by atoms with van der Waals surface area (Å²) in [6.45, 7) is 4.02. The number of esters is 1. The van der Waals surface area contributed by atoms with Gasteiger partial charge in [-0.05, 0) is 6.42 Å². The number of hydrogen-bond donors (Lipinski definition) is 0. The van der Waals surface area contributed by atoms with E-state index in [-0.39, 0.29) is 29.2 Å². The maximum Gasteiger partial charge on any atom is 0.308 e. The lowest BCUT2D eigenvalue weighted by Crippen LogP contribution is -2.12. The van der Waals surface area contributed by atoms with Crippen molar-refractivity contribution >= 4 is 23.3 Å². The lowest BCUT2D eigenvalue weighted by molar-refractivity contribution is -0.145. The number of carbonyl (C=O) groups is 1. The van der Waals surface area contributed by atoms with E-state index in [2.05, 4.69) is 11.7 Å². The summed E-state index contributed by atoms with van der Waals surface area (Å²) in [5, 5.41) is 0. The molecule has 0 aromatic rings. The molecule has 0 N–H and O–H groups in total. The summed E-state index contributed by atoms with van der Waals surface area (Å²) < 4.78 is 4.57. The van der Waals surface area contributed by atoms with Crippen molar-refractivity contribution in [3.63, 3.8) is 0 Å². The number of rotatable bonds is 4. The Hall–Kier alpha value is 0.00247. The number of carbonyl (C=O) groups excluding carboxylic acids is 1. The quantitative estimate of drug-likeness (QED) is 0.465. The van der Waals surface area contributed by atoms with E-state index in [1.54, 1.807) is 0 Å². The highest BCUT2D eigenvalue weighted by molar-refractivity contribution is 5.75. The minimum absolute atomic E-state index is 0. The second kappa shape index (κ2) is 8.10. The zero-order valence-corrected chi connectivity index (χ0v) is 7.02. The molecule has 0 aliphatic heterocycles. The summed E-state index contributed by atoms with van der Waals surface area (Å²) in [4.78, 5) is 10.8. The van der Waals surface area contributed by atoms with Crippen molar-refractivity contribution in [2.24, 2.45) is 5.92 Å². The second-order valence-corrected chi connectivity index (χ2v) is 2.57. The fraction of sp³-hybridized carbons (Fsp3) is 0.875. The lowest BCUT2D eigenvalue weighted by Gasteiger charge is -2.06. The average Bonchev–Trinajstić information content (AvgIpc) is 1.98. The van der Waals surface area contributed by atoms with Gasteiger partial charge in [0.1, 0.15) is 0 Å². The zero-order chi connectivity index (χ0) is 7.98. The van der Waals surface area contributed by atoms with Crippen LogP contribution in [0.4, 0.5) is 0 Å². The molecule has 0 aliphatic rings. The number of hydrogen-bond acceptors (Lipinski definition) is 2. The minimum atomic E-state index is -0.0894. The van der Waals surface area contributed by atoms with Crippen LogP contribution in [0.3, 0.4) is 0 Å². The first-order chi connectivity index (χ1) is 4.72. The summed E-state index contributed by atoms with van der Waals surface area (Å²) >= 11 is 0. The van der Waals surface area contributed by atoms with Gasteiger partial charge in [0.05, 0.1) is 13.0 Å². The van der Waals surface area contributed by atoms with Gasteiger partial charge in [0.2, 0.25) is 0 Å². The third-order valence-corrected chi connectivity index (χ3v) is 1.59. The van der Waals surface area contributed by atoms with Crippen LogP contribution in [-0.4, -0.2) is 30.4 Å². The molecule has 0 heterocycles. The Kier molecular flexibility index (Phi) is 10.0. The molecule has 0 bridgehead atoms. The van der Waals surface area contributed by atoms with Gasteiger partial charge >= 0.3 is 5.97 Å². The molecule has 0 aromatic heterocycles. The van der Waals surface area contributed by atoms with E-state index >= 15 is 0 Å². The van der Waals surface area contributed by atoms with Gasteiger partial charge in [-0.15, -0.1) is 0 Å². The molecule has 0 amide bonds. The van der Waals surface area contributed by atoms with Gasteiger partial charge in [-0.25, -0.2) is 0 Å². The smallest absolute Gasteiger partial charge is 0.308 e. The SMILES string of the molecule is CCCCC(C)C(=O)OC.[AlH3]. The fourth-order valence-electron chi connectivity index (χ4n) is 0.829. The highest BCUT2D eigenvalue weighted by atomic mass is 27.0. The molecule has 0 spiro atoms. The van der Waals surface area contributed by atoms with Crippen LogP contribution < -0.4 is 0 Å². The van der Waals surface area contributed by atoms with Crippen LogP contribution in [0.5, 0.6) is 0 Å². The van der Waals surface area contributed by atoms with E-state index in [1.807, 2.05) is 6.92 Å². The third kappa shape index (κ3) is 6.40. The Morgan fingerprint density at radius 1 is 1.55 bits per heavy atom. The molecule has 0 saturated carbocycles. The molecule has 0 aromatic carbocycles.